The minimum atomic E-state index is -4.12. The number of allylic oxidation sites excluding steroid dienone is 1. The van der Waals surface area contributed by atoms with Gasteiger partial charge in [0, 0.05) is 20.0 Å². The lowest BCUT2D eigenvalue weighted by atomic mass is 10.1. The number of ether oxygens (including phenoxy) is 1. The first kappa shape index (κ1) is 18.5. The van der Waals surface area contributed by atoms with E-state index in [2.05, 4.69) is 0 Å². The van der Waals surface area contributed by atoms with Crippen LogP contribution in [0.1, 0.15) is 25.3 Å². The first-order chi connectivity index (χ1) is 10.3. The van der Waals surface area contributed by atoms with Gasteiger partial charge in [0.25, 0.3) is 0 Å². The largest absolute Gasteiger partial charge is 0.494 e. The van der Waals surface area contributed by atoms with Crippen LogP contribution in [-0.2, 0) is 4.84 Å². The Bertz CT molecular complexity index is 469. The highest BCUT2D eigenvalue weighted by molar-refractivity contribution is 5.64. The number of benzene rings is 1. The van der Waals surface area contributed by atoms with Gasteiger partial charge in [0.15, 0.2) is 0 Å². The molecule has 0 fully saturated rings. The van der Waals surface area contributed by atoms with Crippen LogP contribution in [0.15, 0.2) is 30.3 Å². The first-order valence-electron chi connectivity index (χ1n) is 7.04. The molecule has 1 aromatic carbocycles. The number of hydrogen-bond acceptors (Lipinski definition) is 3. The zero-order valence-corrected chi connectivity index (χ0v) is 13.1. The molecule has 0 aliphatic carbocycles. The summed E-state index contributed by atoms with van der Waals surface area (Å²) < 4.78 is 41.3. The predicted molar refractivity (Wildman–Crippen MR) is 80.5 cm³/mol. The maximum absolute atomic E-state index is 12.0. The smallest absolute Gasteiger partial charge is 0.389 e. The summed E-state index contributed by atoms with van der Waals surface area (Å²) in [4.78, 5) is 5.02. The molecule has 0 bridgehead atoms. The molecule has 0 spiro atoms. The Balaban J connectivity index is 2.45. The van der Waals surface area contributed by atoms with Crippen LogP contribution in [0.2, 0.25) is 0 Å². The molecule has 124 valence electrons. The normalized spacial score (nSPS) is 12.8. The van der Waals surface area contributed by atoms with Gasteiger partial charge in [0.05, 0.1) is 13.7 Å². The quantitative estimate of drug-likeness (QED) is 0.527. The third-order valence-corrected chi connectivity index (χ3v) is 3.15. The van der Waals surface area contributed by atoms with Crippen LogP contribution >= 0.6 is 0 Å². The van der Waals surface area contributed by atoms with Crippen molar-refractivity contribution in [2.45, 2.75) is 25.9 Å². The molecule has 0 unspecified atom stereocenters. The molecule has 0 aromatic heterocycles. The third kappa shape index (κ3) is 7.47. The molecule has 0 saturated carbocycles. The molecule has 3 nitrogen and oxygen atoms in total. The lowest BCUT2D eigenvalue weighted by molar-refractivity contribution is -0.136. The van der Waals surface area contributed by atoms with E-state index >= 15 is 0 Å². The van der Waals surface area contributed by atoms with Crippen molar-refractivity contribution in [2.75, 3.05) is 27.3 Å². The summed E-state index contributed by atoms with van der Waals surface area (Å²) in [7, 11) is 3.44. The molecular formula is C16H22F3NO2. The van der Waals surface area contributed by atoms with Crippen molar-refractivity contribution in [1.82, 2.24) is 5.06 Å². The molecule has 0 amide bonds. The van der Waals surface area contributed by atoms with Crippen LogP contribution in [-0.4, -0.2) is 38.5 Å². The molecular weight excluding hydrogens is 295 g/mol. The summed E-state index contributed by atoms with van der Waals surface area (Å²) in [6.45, 7) is 2.72. The van der Waals surface area contributed by atoms with Gasteiger partial charge in [0.2, 0.25) is 0 Å². The Labute approximate surface area is 129 Å². The summed E-state index contributed by atoms with van der Waals surface area (Å²) in [5, 5.41) is 1.70. The molecule has 0 heterocycles. The number of hydrogen-bond donors (Lipinski definition) is 0. The van der Waals surface area contributed by atoms with Gasteiger partial charge in [-0.25, -0.2) is 0 Å². The van der Waals surface area contributed by atoms with Crippen molar-refractivity contribution >= 4 is 5.57 Å². The molecule has 0 N–H and O–H groups in total. The van der Waals surface area contributed by atoms with E-state index < -0.39 is 12.6 Å². The van der Waals surface area contributed by atoms with Crippen LogP contribution in [0.3, 0.4) is 0 Å². The molecule has 6 heteroatoms. The molecule has 0 aliphatic rings. The fraction of sp³-hybridized carbons (Fsp3) is 0.500. The van der Waals surface area contributed by atoms with Crippen LogP contribution < -0.4 is 4.74 Å². The Kier molecular flexibility index (Phi) is 7.41. The Morgan fingerprint density at radius 3 is 2.41 bits per heavy atom. The highest BCUT2D eigenvalue weighted by atomic mass is 19.4. The van der Waals surface area contributed by atoms with Crippen molar-refractivity contribution < 1.29 is 22.7 Å². The first-order valence-corrected chi connectivity index (χ1v) is 7.04. The summed E-state index contributed by atoms with van der Waals surface area (Å²) in [6.07, 6.45) is -2.94. The minimum absolute atomic E-state index is 0.0342. The molecule has 0 radical (unpaired) electrons. The standard InChI is InChI=1S/C16H22F3NO2/c1-13(9-11-20(2)21-3)14-5-7-15(8-6-14)22-12-4-10-16(17,18)19/h5-9H,4,10-12H2,1-3H3/b13-9+. The summed E-state index contributed by atoms with van der Waals surface area (Å²) in [6, 6.07) is 7.30. The summed E-state index contributed by atoms with van der Waals surface area (Å²) in [5.41, 5.74) is 2.12. The monoisotopic (exact) mass is 317 g/mol. The number of hydroxylamine groups is 2. The second-order valence-corrected chi connectivity index (χ2v) is 4.97. The minimum Gasteiger partial charge on any atom is -0.494 e. The second kappa shape index (κ2) is 8.80. The molecule has 0 saturated heterocycles. The predicted octanol–water partition coefficient (Wildman–Crippen LogP) is 4.30. The number of nitrogens with zero attached hydrogens (tertiary/aromatic N) is 1. The van der Waals surface area contributed by atoms with E-state index in [9.17, 15) is 13.2 Å². The summed E-state index contributed by atoms with van der Waals surface area (Å²) >= 11 is 0. The van der Waals surface area contributed by atoms with Gasteiger partial charge in [0.1, 0.15) is 5.75 Å². The van der Waals surface area contributed by atoms with Gasteiger partial charge >= 0.3 is 6.18 Å². The number of alkyl halides is 3. The zero-order valence-electron chi connectivity index (χ0n) is 13.1. The highest BCUT2D eigenvalue weighted by Crippen LogP contribution is 2.22. The zero-order chi connectivity index (χ0) is 16.6. The summed E-state index contributed by atoms with van der Waals surface area (Å²) in [5.74, 6) is 0.577. The van der Waals surface area contributed by atoms with E-state index in [4.69, 9.17) is 9.57 Å². The second-order valence-electron chi connectivity index (χ2n) is 4.97. The van der Waals surface area contributed by atoms with Gasteiger partial charge in [-0.1, -0.05) is 18.2 Å². The van der Waals surface area contributed by atoms with Crippen LogP contribution in [0.5, 0.6) is 5.75 Å². The molecule has 22 heavy (non-hydrogen) atoms. The van der Waals surface area contributed by atoms with E-state index in [-0.39, 0.29) is 13.0 Å². The van der Waals surface area contributed by atoms with Gasteiger partial charge in [-0.3, -0.25) is 0 Å². The topological polar surface area (TPSA) is 21.7 Å². The fourth-order valence-corrected chi connectivity index (χ4v) is 1.73. The average Bonchev–Trinajstić information content (AvgIpc) is 2.48. The van der Waals surface area contributed by atoms with Crippen molar-refractivity contribution in [1.29, 1.82) is 0 Å². The Hall–Kier alpha value is -1.53. The van der Waals surface area contributed by atoms with Crippen LogP contribution in [0.25, 0.3) is 5.57 Å². The number of rotatable bonds is 8. The highest BCUT2D eigenvalue weighted by Gasteiger charge is 2.26. The van der Waals surface area contributed by atoms with E-state index in [1.165, 1.54) is 0 Å². The van der Waals surface area contributed by atoms with Crippen molar-refractivity contribution in [3.63, 3.8) is 0 Å². The van der Waals surface area contributed by atoms with Gasteiger partial charge in [-0.15, -0.1) is 0 Å². The number of likely N-dealkylation sites (N-methyl/N-ethyl adjacent to an activating group) is 1. The molecule has 1 rings (SSSR count). The van der Waals surface area contributed by atoms with Crippen LogP contribution in [0, 0.1) is 0 Å². The average molecular weight is 317 g/mol. The van der Waals surface area contributed by atoms with Crippen LogP contribution in [0.4, 0.5) is 13.2 Å². The van der Waals surface area contributed by atoms with Gasteiger partial charge in [-0.05, 0) is 36.6 Å². The van der Waals surface area contributed by atoms with E-state index in [1.807, 2.05) is 32.2 Å². The van der Waals surface area contributed by atoms with E-state index in [0.717, 1.165) is 11.1 Å². The van der Waals surface area contributed by atoms with E-state index in [1.54, 1.807) is 24.3 Å². The lowest BCUT2D eigenvalue weighted by Crippen LogP contribution is -2.16. The Morgan fingerprint density at radius 1 is 1.23 bits per heavy atom. The molecule has 1 aromatic rings. The van der Waals surface area contributed by atoms with Crippen molar-refractivity contribution in [3.8, 4) is 5.75 Å². The maximum atomic E-state index is 12.0. The Morgan fingerprint density at radius 2 is 1.86 bits per heavy atom. The number of halogens is 3. The lowest BCUT2D eigenvalue weighted by Gasteiger charge is -2.11. The van der Waals surface area contributed by atoms with Gasteiger partial charge < -0.3 is 9.57 Å². The SMILES string of the molecule is CON(C)C/C=C(\C)c1ccc(OCCCC(F)(F)F)cc1. The van der Waals surface area contributed by atoms with Crippen molar-refractivity contribution in [2.24, 2.45) is 0 Å². The molecule has 0 atom stereocenters. The fourth-order valence-electron chi connectivity index (χ4n) is 1.73. The van der Waals surface area contributed by atoms with E-state index in [0.29, 0.717) is 12.3 Å². The molecule has 0 aliphatic heterocycles. The van der Waals surface area contributed by atoms with Crippen molar-refractivity contribution in [3.05, 3.63) is 35.9 Å². The maximum Gasteiger partial charge on any atom is 0.389 e. The third-order valence-electron chi connectivity index (χ3n) is 3.15. The van der Waals surface area contributed by atoms with Gasteiger partial charge in [-0.2, -0.15) is 18.2 Å².